The van der Waals surface area contributed by atoms with Crippen molar-refractivity contribution in [2.45, 2.75) is 27.2 Å². The van der Waals surface area contributed by atoms with Crippen LogP contribution in [0.5, 0.6) is 5.75 Å². The summed E-state index contributed by atoms with van der Waals surface area (Å²) in [6.45, 7) is 7.88. The Kier molecular flexibility index (Phi) is 10.8. The molecule has 0 saturated carbocycles. The molecule has 0 radical (unpaired) electrons. The molecule has 0 unspecified atom stereocenters. The lowest BCUT2D eigenvalue weighted by molar-refractivity contribution is 0.317. The van der Waals surface area contributed by atoms with Gasteiger partial charge >= 0.3 is 0 Å². The van der Waals surface area contributed by atoms with E-state index in [4.69, 9.17) is 16.2 Å². The zero-order chi connectivity index (χ0) is 15.2. The third-order valence-corrected chi connectivity index (χ3v) is 2.24. The van der Waals surface area contributed by atoms with E-state index in [9.17, 15) is 0 Å². The van der Waals surface area contributed by atoms with E-state index in [-0.39, 0.29) is 0 Å². The second-order valence-electron chi connectivity index (χ2n) is 3.70. The van der Waals surface area contributed by atoms with Crippen LogP contribution in [0.25, 0.3) is 0 Å². The van der Waals surface area contributed by atoms with E-state index < -0.39 is 0 Å². The minimum absolute atomic E-state index is 0.504. The third-order valence-electron chi connectivity index (χ3n) is 2.24. The highest BCUT2D eigenvalue weighted by atomic mass is 16.5. The standard InChI is InChI=1S/C13H20N4O.C2H6/c1-2-9-18-12-5-3-11(4-6-12)13(15)17-8-7-16-10-14;1-2/h3-6,10H,2,7-9H2,1H3,(H2,14,16)(H2,15,17);1-2H3. The van der Waals surface area contributed by atoms with Crippen LogP contribution in [0.3, 0.4) is 0 Å². The van der Waals surface area contributed by atoms with Crippen LogP contribution in [0.15, 0.2) is 34.3 Å². The normalized spacial score (nSPS) is 11.1. The van der Waals surface area contributed by atoms with Crippen LogP contribution in [0.1, 0.15) is 32.8 Å². The van der Waals surface area contributed by atoms with Gasteiger partial charge in [0, 0.05) is 5.56 Å². The van der Waals surface area contributed by atoms with Crippen LogP contribution in [0.4, 0.5) is 0 Å². The van der Waals surface area contributed by atoms with E-state index in [0.717, 1.165) is 24.3 Å². The fourth-order valence-corrected chi connectivity index (χ4v) is 1.34. The molecular formula is C15H26N4O. The highest BCUT2D eigenvalue weighted by Gasteiger charge is 1.98. The number of rotatable bonds is 7. The van der Waals surface area contributed by atoms with Gasteiger partial charge in [0.2, 0.25) is 0 Å². The van der Waals surface area contributed by atoms with E-state index >= 15 is 0 Å². The Morgan fingerprint density at radius 2 is 1.85 bits per heavy atom. The molecule has 0 aromatic heterocycles. The summed E-state index contributed by atoms with van der Waals surface area (Å²) >= 11 is 0. The van der Waals surface area contributed by atoms with Crippen molar-refractivity contribution in [3.05, 3.63) is 29.8 Å². The molecule has 0 fully saturated rings. The lowest BCUT2D eigenvalue weighted by Gasteiger charge is -2.05. The first-order valence-corrected chi connectivity index (χ1v) is 7.01. The maximum atomic E-state index is 5.85. The number of nitrogens with zero attached hydrogens (tertiary/aromatic N) is 2. The van der Waals surface area contributed by atoms with Crippen LogP contribution in [0, 0.1) is 0 Å². The van der Waals surface area contributed by atoms with Gasteiger partial charge in [0.15, 0.2) is 0 Å². The highest BCUT2D eigenvalue weighted by molar-refractivity contribution is 5.97. The van der Waals surface area contributed by atoms with Crippen LogP contribution in [-0.2, 0) is 0 Å². The second-order valence-corrected chi connectivity index (χ2v) is 3.70. The predicted molar refractivity (Wildman–Crippen MR) is 86.7 cm³/mol. The summed E-state index contributed by atoms with van der Waals surface area (Å²) < 4.78 is 5.49. The van der Waals surface area contributed by atoms with Gasteiger partial charge in [0.25, 0.3) is 0 Å². The molecule has 5 nitrogen and oxygen atoms in total. The van der Waals surface area contributed by atoms with Crippen LogP contribution >= 0.6 is 0 Å². The summed E-state index contributed by atoms with van der Waals surface area (Å²) in [6, 6.07) is 7.59. The highest BCUT2D eigenvalue weighted by Crippen LogP contribution is 2.12. The average molecular weight is 278 g/mol. The molecule has 4 N–H and O–H groups in total. The molecule has 5 heteroatoms. The molecule has 0 aliphatic heterocycles. The number of amidine groups is 1. The molecule has 0 atom stereocenters. The Labute approximate surface area is 121 Å². The lowest BCUT2D eigenvalue weighted by atomic mass is 10.2. The predicted octanol–water partition coefficient (Wildman–Crippen LogP) is 2.19. The van der Waals surface area contributed by atoms with E-state index in [1.54, 1.807) is 0 Å². The first-order valence-electron chi connectivity index (χ1n) is 7.01. The fraction of sp³-hybridized carbons (Fsp3) is 0.467. The van der Waals surface area contributed by atoms with Crippen molar-refractivity contribution in [3.63, 3.8) is 0 Å². The van der Waals surface area contributed by atoms with Crippen LogP contribution in [-0.4, -0.2) is 31.9 Å². The first kappa shape index (κ1) is 18.0. The minimum Gasteiger partial charge on any atom is -0.494 e. The molecule has 0 spiro atoms. The van der Waals surface area contributed by atoms with E-state index in [1.807, 2.05) is 38.1 Å². The molecule has 1 rings (SSSR count). The summed E-state index contributed by atoms with van der Waals surface area (Å²) in [5.74, 6) is 1.35. The van der Waals surface area contributed by atoms with E-state index in [1.165, 1.54) is 6.34 Å². The third kappa shape index (κ3) is 7.41. The molecule has 0 saturated heterocycles. The zero-order valence-corrected chi connectivity index (χ0v) is 12.7. The Balaban J connectivity index is 0.00000172. The largest absolute Gasteiger partial charge is 0.494 e. The summed E-state index contributed by atoms with van der Waals surface area (Å²) in [4.78, 5) is 8.06. The molecule has 1 aromatic carbocycles. The van der Waals surface area contributed by atoms with Gasteiger partial charge < -0.3 is 16.2 Å². The number of hydrogen-bond donors (Lipinski definition) is 2. The minimum atomic E-state index is 0.504. The Morgan fingerprint density at radius 3 is 2.40 bits per heavy atom. The Morgan fingerprint density at radius 1 is 1.20 bits per heavy atom. The topological polar surface area (TPSA) is 86.0 Å². The molecule has 0 amide bonds. The molecule has 112 valence electrons. The van der Waals surface area contributed by atoms with Gasteiger partial charge in [-0.05, 0) is 30.7 Å². The summed E-state index contributed by atoms with van der Waals surface area (Å²) in [6.07, 6.45) is 2.26. The second kappa shape index (κ2) is 12.0. The van der Waals surface area contributed by atoms with Crippen molar-refractivity contribution < 1.29 is 4.74 Å². The van der Waals surface area contributed by atoms with Gasteiger partial charge in [-0.25, -0.2) is 0 Å². The monoisotopic (exact) mass is 278 g/mol. The van der Waals surface area contributed by atoms with E-state index in [0.29, 0.717) is 18.9 Å². The SMILES string of the molecule is CC.CCCOc1ccc(C(N)=NCCN=CN)cc1. The van der Waals surface area contributed by atoms with Crippen LogP contribution < -0.4 is 16.2 Å². The molecular weight excluding hydrogens is 252 g/mol. The van der Waals surface area contributed by atoms with Crippen LogP contribution in [0.2, 0.25) is 0 Å². The number of nitrogens with two attached hydrogens (primary N) is 2. The van der Waals surface area contributed by atoms with Crippen molar-refractivity contribution in [2.75, 3.05) is 19.7 Å². The number of benzene rings is 1. The van der Waals surface area contributed by atoms with Gasteiger partial charge in [-0.15, -0.1) is 0 Å². The van der Waals surface area contributed by atoms with Gasteiger partial charge in [-0.2, -0.15) is 0 Å². The summed E-state index contributed by atoms with van der Waals surface area (Å²) in [5.41, 5.74) is 11.9. The quantitative estimate of drug-likeness (QED) is 0.455. The zero-order valence-electron chi connectivity index (χ0n) is 12.7. The molecule has 1 aromatic rings. The van der Waals surface area contributed by atoms with Crippen molar-refractivity contribution in [1.29, 1.82) is 0 Å². The number of aliphatic imine (C=N–C) groups is 2. The Hall–Kier alpha value is -2.04. The number of ether oxygens (including phenoxy) is 1. The average Bonchev–Trinajstić information content (AvgIpc) is 2.52. The maximum Gasteiger partial charge on any atom is 0.125 e. The molecule has 20 heavy (non-hydrogen) atoms. The summed E-state index contributed by atoms with van der Waals surface area (Å²) in [7, 11) is 0. The molecule has 0 heterocycles. The van der Waals surface area contributed by atoms with Gasteiger partial charge in [-0.1, -0.05) is 20.8 Å². The molecule has 0 bridgehead atoms. The molecule has 0 aliphatic rings. The van der Waals surface area contributed by atoms with Gasteiger partial charge in [0.05, 0.1) is 26.0 Å². The van der Waals surface area contributed by atoms with Crippen molar-refractivity contribution in [1.82, 2.24) is 0 Å². The first-order chi connectivity index (χ1) is 9.77. The Bertz CT molecular complexity index is 399. The maximum absolute atomic E-state index is 5.85. The number of hydrogen-bond acceptors (Lipinski definition) is 3. The molecule has 0 aliphatic carbocycles. The summed E-state index contributed by atoms with van der Waals surface area (Å²) in [5, 5.41) is 0. The van der Waals surface area contributed by atoms with Gasteiger partial charge in [-0.3, -0.25) is 9.98 Å². The fourth-order valence-electron chi connectivity index (χ4n) is 1.34. The van der Waals surface area contributed by atoms with Crippen molar-refractivity contribution >= 4 is 12.2 Å². The lowest BCUT2D eigenvalue weighted by Crippen LogP contribution is -2.14. The van der Waals surface area contributed by atoms with E-state index in [2.05, 4.69) is 16.9 Å². The smallest absolute Gasteiger partial charge is 0.125 e. The van der Waals surface area contributed by atoms with Gasteiger partial charge in [0.1, 0.15) is 11.6 Å². The van der Waals surface area contributed by atoms with Crippen molar-refractivity contribution in [2.24, 2.45) is 21.5 Å². The van der Waals surface area contributed by atoms with Crippen molar-refractivity contribution in [3.8, 4) is 5.75 Å².